The predicted molar refractivity (Wildman–Crippen MR) is 125 cm³/mol. The fourth-order valence-corrected chi connectivity index (χ4v) is 3.37. The lowest BCUT2D eigenvalue weighted by molar-refractivity contribution is 0.0957. The number of benzene rings is 2. The van der Waals surface area contributed by atoms with E-state index in [1.54, 1.807) is 18.4 Å². The Hall–Kier alpha value is -3.99. The van der Waals surface area contributed by atoms with Crippen LogP contribution in [0.25, 0.3) is 28.2 Å². The minimum Gasteiger partial charge on any atom is -0.465 e. The highest BCUT2D eigenvalue weighted by molar-refractivity contribution is 6.07. The highest BCUT2D eigenvalue weighted by Crippen LogP contribution is 2.25. The number of fused-ring (bicyclic) bond motifs is 1. The number of amides is 1. The van der Waals surface area contributed by atoms with Crippen LogP contribution in [-0.2, 0) is 6.42 Å². The van der Waals surface area contributed by atoms with Crippen molar-refractivity contribution < 1.29 is 9.21 Å². The largest absolute Gasteiger partial charge is 0.465 e. The normalized spacial score (nSPS) is 11.5. The standard InChI is InChI=1S/C26H23N3O2/c1-2-7-19-12-14-20(15-13-19)25-18-23(22-10-3-4-11-24(22)28-25)26(30)29-27-16-5-8-21-9-6-17-31-21/h3-6,8-18H,2,7H2,1H3,(H,29,30). The molecule has 0 aliphatic heterocycles. The molecular formula is C26H23N3O2. The Balaban J connectivity index is 1.59. The summed E-state index contributed by atoms with van der Waals surface area (Å²) in [7, 11) is 0. The summed E-state index contributed by atoms with van der Waals surface area (Å²) in [4.78, 5) is 17.6. The van der Waals surface area contributed by atoms with E-state index in [1.165, 1.54) is 11.8 Å². The van der Waals surface area contributed by atoms with Crippen LogP contribution in [0, 0.1) is 0 Å². The molecule has 1 N–H and O–H groups in total. The average molecular weight is 409 g/mol. The molecule has 2 aromatic carbocycles. The molecule has 154 valence electrons. The average Bonchev–Trinajstić information content (AvgIpc) is 3.32. The van der Waals surface area contributed by atoms with E-state index >= 15 is 0 Å². The highest BCUT2D eigenvalue weighted by atomic mass is 16.3. The predicted octanol–water partition coefficient (Wildman–Crippen LogP) is 5.88. The van der Waals surface area contributed by atoms with Gasteiger partial charge in [0.1, 0.15) is 5.76 Å². The molecule has 1 amide bonds. The van der Waals surface area contributed by atoms with E-state index in [2.05, 4.69) is 41.7 Å². The van der Waals surface area contributed by atoms with Gasteiger partial charge < -0.3 is 4.42 Å². The van der Waals surface area contributed by atoms with Gasteiger partial charge in [-0.3, -0.25) is 4.79 Å². The molecule has 0 bridgehead atoms. The summed E-state index contributed by atoms with van der Waals surface area (Å²) < 4.78 is 5.21. The second-order valence-corrected chi connectivity index (χ2v) is 7.11. The summed E-state index contributed by atoms with van der Waals surface area (Å²) in [5, 5.41) is 4.80. The summed E-state index contributed by atoms with van der Waals surface area (Å²) in [5.74, 6) is 0.428. The first kappa shape index (κ1) is 20.3. The number of rotatable bonds is 7. The molecule has 5 nitrogen and oxygen atoms in total. The molecule has 4 rings (SSSR count). The number of carbonyl (C=O) groups excluding carboxylic acids is 1. The van der Waals surface area contributed by atoms with Crippen molar-refractivity contribution in [3.63, 3.8) is 0 Å². The number of pyridine rings is 1. The van der Waals surface area contributed by atoms with Gasteiger partial charge in [-0.1, -0.05) is 55.8 Å². The van der Waals surface area contributed by atoms with Gasteiger partial charge in [-0.2, -0.15) is 5.10 Å². The summed E-state index contributed by atoms with van der Waals surface area (Å²) in [6.07, 6.45) is 8.73. The number of hydrazone groups is 1. The molecule has 0 aliphatic carbocycles. The molecule has 0 saturated carbocycles. The summed E-state index contributed by atoms with van der Waals surface area (Å²) >= 11 is 0. The number of hydrogen-bond acceptors (Lipinski definition) is 4. The van der Waals surface area contributed by atoms with E-state index in [-0.39, 0.29) is 5.91 Å². The lowest BCUT2D eigenvalue weighted by Crippen LogP contribution is -2.18. The zero-order valence-electron chi connectivity index (χ0n) is 17.3. The summed E-state index contributed by atoms with van der Waals surface area (Å²) in [5.41, 5.74) is 6.93. The number of allylic oxidation sites excluding steroid dienone is 1. The second-order valence-electron chi connectivity index (χ2n) is 7.11. The Labute approximate surface area is 181 Å². The van der Waals surface area contributed by atoms with E-state index in [0.29, 0.717) is 11.3 Å². The Morgan fingerprint density at radius 3 is 2.71 bits per heavy atom. The first-order valence-electron chi connectivity index (χ1n) is 10.3. The van der Waals surface area contributed by atoms with Crippen molar-refractivity contribution in [2.75, 3.05) is 0 Å². The molecule has 0 radical (unpaired) electrons. The lowest BCUT2D eigenvalue weighted by Gasteiger charge is -2.09. The number of aryl methyl sites for hydroxylation is 1. The Morgan fingerprint density at radius 1 is 1.10 bits per heavy atom. The van der Waals surface area contributed by atoms with Gasteiger partial charge in [0.15, 0.2) is 0 Å². The third-order valence-corrected chi connectivity index (χ3v) is 4.88. The first-order valence-corrected chi connectivity index (χ1v) is 10.3. The Bertz CT molecular complexity index is 1220. The first-order chi connectivity index (χ1) is 15.2. The zero-order chi connectivity index (χ0) is 21.5. The zero-order valence-corrected chi connectivity index (χ0v) is 17.3. The van der Waals surface area contributed by atoms with Crippen molar-refractivity contribution >= 4 is 29.1 Å². The Kier molecular flexibility index (Phi) is 6.33. The van der Waals surface area contributed by atoms with Gasteiger partial charge in [0.2, 0.25) is 0 Å². The number of furan rings is 1. The molecule has 4 aromatic rings. The molecule has 0 unspecified atom stereocenters. The molecule has 0 fully saturated rings. The highest BCUT2D eigenvalue weighted by Gasteiger charge is 2.13. The maximum Gasteiger partial charge on any atom is 0.272 e. The molecule has 2 heterocycles. The van der Waals surface area contributed by atoms with Gasteiger partial charge >= 0.3 is 0 Å². The minimum atomic E-state index is -0.287. The van der Waals surface area contributed by atoms with Crippen molar-refractivity contribution in [1.29, 1.82) is 0 Å². The molecular weight excluding hydrogens is 386 g/mol. The molecule has 2 aromatic heterocycles. The van der Waals surface area contributed by atoms with Gasteiger partial charge in [-0.05, 0) is 48.4 Å². The van der Waals surface area contributed by atoms with Gasteiger partial charge in [0.25, 0.3) is 5.91 Å². The molecule has 0 saturated heterocycles. The van der Waals surface area contributed by atoms with Crippen LogP contribution in [0.1, 0.15) is 35.0 Å². The monoisotopic (exact) mass is 409 g/mol. The minimum absolute atomic E-state index is 0.287. The van der Waals surface area contributed by atoms with Crippen molar-refractivity contribution in [3.8, 4) is 11.3 Å². The van der Waals surface area contributed by atoms with E-state index in [0.717, 1.165) is 35.0 Å². The van der Waals surface area contributed by atoms with Crippen molar-refractivity contribution in [3.05, 3.63) is 96.0 Å². The topological polar surface area (TPSA) is 67.5 Å². The lowest BCUT2D eigenvalue weighted by atomic mass is 10.0. The van der Waals surface area contributed by atoms with Crippen LogP contribution in [0.5, 0.6) is 0 Å². The fraction of sp³-hybridized carbons (Fsp3) is 0.115. The molecule has 0 spiro atoms. The van der Waals surface area contributed by atoms with Gasteiger partial charge in [-0.15, -0.1) is 0 Å². The van der Waals surface area contributed by atoms with E-state index in [1.807, 2.05) is 42.5 Å². The second kappa shape index (κ2) is 9.67. The van der Waals surface area contributed by atoms with E-state index in [9.17, 15) is 4.79 Å². The summed E-state index contributed by atoms with van der Waals surface area (Å²) in [6, 6.07) is 21.4. The number of hydrogen-bond donors (Lipinski definition) is 1. The van der Waals surface area contributed by atoms with E-state index in [4.69, 9.17) is 9.40 Å². The number of para-hydroxylation sites is 1. The number of nitrogens with zero attached hydrogens (tertiary/aromatic N) is 2. The maximum atomic E-state index is 12.9. The quantitative estimate of drug-likeness (QED) is 0.306. The third kappa shape index (κ3) is 4.95. The van der Waals surface area contributed by atoms with Gasteiger partial charge in [-0.25, -0.2) is 10.4 Å². The van der Waals surface area contributed by atoms with Crippen LogP contribution in [0.3, 0.4) is 0 Å². The number of aromatic nitrogens is 1. The number of nitrogens with one attached hydrogen (secondary N) is 1. The van der Waals surface area contributed by atoms with E-state index < -0.39 is 0 Å². The van der Waals surface area contributed by atoms with Crippen LogP contribution in [0.2, 0.25) is 0 Å². The van der Waals surface area contributed by atoms with Crippen molar-refractivity contribution in [2.24, 2.45) is 5.10 Å². The van der Waals surface area contributed by atoms with Crippen molar-refractivity contribution in [1.82, 2.24) is 10.4 Å². The van der Waals surface area contributed by atoms with Gasteiger partial charge in [0.05, 0.1) is 23.0 Å². The molecule has 5 heteroatoms. The number of carbonyl (C=O) groups is 1. The van der Waals surface area contributed by atoms with Crippen LogP contribution in [0.15, 0.2) is 88.6 Å². The molecule has 31 heavy (non-hydrogen) atoms. The molecule has 0 aliphatic rings. The molecule has 0 atom stereocenters. The summed E-state index contributed by atoms with van der Waals surface area (Å²) in [6.45, 7) is 2.17. The van der Waals surface area contributed by atoms with Crippen LogP contribution in [0.4, 0.5) is 0 Å². The fourth-order valence-electron chi connectivity index (χ4n) is 3.37. The third-order valence-electron chi connectivity index (χ3n) is 4.88. The van der Waals surface area contributed by atoms with Crippen LogP contribution < -0.4 is 5.43 Å². The SMILES string of the molecule is CCCc1ccc(-c2cc(C(=O)NN=CC=Cc3ccco3)c3ccccc3n2)cc1. The maximum absolute atomic E-state index is 12.9. The van der Waals surface area contributed by atoms with Crippen LogP contribution >= 0.6 is 0 Å². The van der Waals surface area contributed by atoms with Crippen molar-refractivity contribution in [2.45, 2.75) is 19.8 Å². The van der Waals surface area contributed by atoms with Gasteiger partial charge in [0, 0.05) is 17.2 Å². The Morgan fingerprint density at radius 2 is 1.94 bits per heavy atom. The van der Waals surface area contributed by atoms with Crippen LogP contribution in [-0.4, -0.2) is 17.1 Å². The smallest absolute Gasteiger partial charge is 0.272 e.